The van der Waals surface area contributed by atoms with Crippen LogP contribution in [-0.4, -0.2) is 16.7 Å². The predicted molar refractivity (Wildman–Crippen MR) is 62.9 cm³/mol. The Morgan fingerprint density at radius 1 is 1.27 bits per heavy atom. The van der Waals surface area contributed by atoms with Gasteiger partial charge in [0, 0.05) is 5.41 Å². The van der Waals surface area contributed by atoms with Crippen molar-refractivity contribution in [3.63, 3.8) is 0 Å². The standard InChI is InChI=1S/C11H21O3P/c1-10(2,3)7-11(4,5)8(15-14)6-9(12)13/h8H,6-7H2,1-5H3,(H,12,13)/p+1. The second-order valence-electron chi connectivity index (χ2n) is 5.99. The first kappa shape index (κ1) is 14.6. The molecule has 3 nitrogen and oxygen atoms in total. The van der Waals surface area contributed by atoms with Crippen LogP contribution in [0.15, 0.2) is 0 Å². The van der Waals surface area contributed by atoms with Gasteiger partial charge in [0.2, 0.25) is 0 Å². The van der Waals surface area contributed by atoms with Gasteiger partial charge in [-0.1, -0.05) is 39.2 Å². The number of hydrogen-bond acceptors (Lipinski definition) is 2. The summed E-state index contributed by atoms with van der Waals surface area (Å²) in [7, 11) is -0.552. The largest absolute Gasteiger partial charge is 0.481 e. The molecule has 0 rings (SSSR count). The molecule has 0 aromatic rings. The third kappa shape index (κ3) is 5.88. The van der Waals surface area contributed by atoms with E-state index >= 15 is 0 Å². The van der Waals surface area contributed by atoms with E-state index in [0.29, 0.717) is 0 Å². The molecule has 0 fully saturated rings. The van der Waals surface area contributed by atoms with Gasteiger partial charge in [-0.15, -0.1) is 0 Å². The molecule has 0 bridgehead atoms. The maximum absolute atomic E-state index is 11.1. The zero-order chi connectivity index (χ0) is 12.3. The van der Waals surface area contributed by atoms with Gasteiger partial charge in [-0.25, -0.2) is 0 Å². The highest BCUT2D eigenvalue weighted by Crippen LogP contribution is 2.41. The summed E-state index contributed by atoms with van der Waals surface area (Å²) >= 11 is 0. The summed E-state index contributed by atoms with van der Waals surface area (Å²) in [6.45, 7) is 10.3. The first-order chi connectivity index (χ1) is 6.58. The maximum atomic E-state index is 11.1. The smallest absolute Gasteiger partial charge is 0.329 e. The van der Waals surface area contributed by atoms with Crippen LogP contribution in [0, 0.1) is 10.8 Å². The first-order valence-electron chi connectivity index (χ1n) is 5.18. The zero-order valence-electron chi connectivity index (χ0n) is 10.3. The lowest BCUT2D eigenvalue weighted by Gasteiger charge is -2.32. The van der Waals surface area contributed by atoms with Gasteiger partial charge in [0.15, 0.2) is 5.66 Å². The molecule has 0 saturated heterocycles. The Morgan fingerprint density at radius 3 is 2.00 bits per heavy atom. The van der Waals surface area contributed by atoms with Crippen LogP contribution >= 0.6 is 8.46 Å². The molecule has 0 aliphatic carbocycles. The average molecular weight is 233 g/mol. The van der Waals surface area contributed by atoms with Gasteiger partial charge in [-0.2, -0.15) is 0 Å². The highest BCUT2D eigenvalue weighted by molar-refractivity contribution is 7.24. The highest BCUT2D eigenvalue weighted by Gasteiger charge is 2.40. The lowest BCUT2D eigenvalue weighted by Crippen LogP contribution is -2.31. The van der Waals surface area contributed by atoms with Gasteiger partial charge in [0.1, 0.15) is 0 Å². The van der Waals surface area contributed by atoms with Crippen LogP contribution < -0.4 is 0 Å². The Bertz CT molecular complexity index is 241. The van der Waals surface area contributed by atoms with Crippen LogP contribution in [-0.2, 0) is 9.36 Å². The van der Waals surface area contributed by atoms with Crippen molar-refractivity contribution in [2.75, 3.05) is 0 Å². The van der Waals surface area contributed by atoms with Crippen molar-refractivity contribution in [1.29, 1.82) is 0 Å². The van der Waals surface area contributed by atoms with Crippen LogP contribution in [0.1, 0.15) is 47.5 Å². The van der Waals surface area contributed by atoms with Crippen molar-refractivity contribution in [1.82, 2.24) is 0 Å². The zero-order valence-corrected chi connectivity index (χ0v) is 11.3. The third-order valence-electron chi connectivity index (χ3n) is 2.45. The van der Waals surface area contributed by atoms with Gasteiger partial charge in [-0.05, 0) is 11.8 Å². The molecule has 0 aromatic heterocycles. The van der Waals surface area contributed by atoms with E-state index in [9.17, 15) is 9.36 Å². The Balaban J connectivity index is 4.65. The molecule has 0 amide bonds. The molecule has 0 radical (unpaired) electrons. The van der Waals surface area contributed by atoms with Gasteiger partial charge in [-0.3, -0.25) is 4.79 Å². The van der Waals surface area contributed by atoms with E-state index in [2.05, 4.69) is 20.8 Å². The summed E-state index contributed by atoms with van der Waals surface area (Å²) in [6.07, 6.45) is 0.859. The van der Waals surface area contributed by atoms with E-state index < -0.39 is 14.4 Å². The molecule has 0 spiro atoms. The third-order valence-corrected chi connectivity index (χ3v) is 3.72. The minimum atomic E-state index is -0.870. The normalized spacial score (nSPS) is 15.3. The number of carboxylic acids is 1. The summed E-state index contributed by atoms with van der Waals surface area (Å²) in [5, 5.41) is 8.74. The molecule has 88 valence electrons. The predicted octanol–water partition coefficient (Wildman–Crippen LogP) is 3.32. The lowest BCUT2D eigenvalue weighted by molar-refractivity contribution is -0.137. The fraction of sp³-hybridized carbons (Fsp3) is 0.909. The molecule has 1 N–H and O–H groups in total. The van der Waals surface area contributed by atoms with E-state index in [1.54, 1.807) is 0 Å². The van der Waals surface area contributed by atoms with Crippen LogP contribution in [0.4, 0.5) is 0 Å². The maximum Gasteiger partial charge on any atom is 0.329 e. The molecule has 0 aliphatic rings. The summed E-state index contributed by atoms with van der Waals surface area (Å²) in [5.41, 5.74) is -0.328. The van der Waals surface area contributed by atoms with Crippen LogP contribution in [0.25, 0.3) is 0 Å². The molecule has 2 atom stereocenters. The molecule has 0 heterocycles. The van der Waals surface area contributed by atoms with E-state index in [-0.39, 0.29) is 22.9 Å². The molecule has 2 unspecified atom stereocenters. The molecule has 0 saturated carbocycles. The quantitative estimate of drug-likeness (QED) is 0.741. The molecule has 4 heteroatoms. The summed E-state index contributed by atoms with van der Waals surface area (Å²) < 4.78 is 11.1. The van der Waals surface area contributed by atoms with Crippen molar-refractivity contribution < 1.29 is 14.5 Å². The number of aliphatic carboxylic acids is 1. The van der Waals surface area contributed by atoms with E-state index in [4.69, 9.17) is 5.11 Å². The van der Waals surface area contributed by atoms with Gasteiger partial charge in [0.25, 0.3) is 0 Å². The molecule has 15 heavy (non-hydrogen) atoms. The van der Waals surface area contributed by atoms with E-state index in [1.807, 2.05) is 13.8 Å². The molecule has 0 aromatic carbocycles. The number of hydrogen-bond donors (Lipinski definition) is 1. The first-order valence-corrected chi connectivity index (χ1v) is 6.16. The second-order valence-corrected chi connectivity index (χ2v) is 6.93. The molecule has 0 aliphatic heterocycles. The number of carbonyl (C=O) groups is 1. The van der Waals surface area contributed by atoms with E-state index in [1.165, 1.54) is 0 Å². The second kappa shape index (κ2) is 5.07. The topological polar surface area (TPSA) is 54.4 Å². The van der Waals surface area contributed by atoms with Crippen LogP contribution in [0.3, 0.4) is 0 Å². The highest BCUT2D eigenvalue weighted by atomic mass is 31.1. The van der Waals surface area contributed by atoms with Crippen molar-refractivity contribution >= 4 is 14.4 Å². The van der Waals surface area contributed by atoms with Crippen molar-refractivity contribution in [3.05, 3.63) is 0 Å². The monoisotopic (exact) mass is 233 g/mol. The van der Waals surface area contributed by atoms with Gasteiger partial charge >= 0.3 is 14.4 Å². The van der Waals surface area contributed by atoms with Crippen molar-refractivity contribution in [2.45, 2.75) is 53.1 Å². The molecular weight excluding hydrogens is 211 g/mol. The van der Waals surface area contributed by atoms with Crippen molar-refractivity contribution in [3.8, 4) is 0 Å². The van der Waals surface area contributed by atoms with Gasteiger partial charge in [0.05, 0.1) is 6.42 Å². The van der Waals surface area contributed by atoms with E-state index in [0.717, 1.165) is 6.42 Å². The summed E-state index contributed by atoms with van der Waals surface area (Å²) in [6, 6.07) is 0. The average Bonchev–Trinajstić information content (AvgIpc) is 1.94. The summed E-state index contributed by atoms with van der Waals surface area (Å²) in [4.78, 5) is 10.6. The van der Waals surface area contributed by atoms with Crippen LogP contribution in [0.2, 0.25) is 0 Å². The summed E-state index contributed by atoms with van der Waals surface area (Å²) in [5.74, 6) is -0.870. The Kier molecular flexibility index (Phi) is 4.92. The minimum absolute atomic E-state index is 0.00890. The van der Waals surface area contributed by atoms with Crippen molar-refractivity contribution in [2.24, 2.45) is 10.8 Å². The van der Waals surface area contributed by atoms with Gasteiger partial charge < -0.3 is 5.11 Å². The van der Waals surface area contributed by atoms with Crippen LogP contribution in [0.5, 0.6) is 0 Å². The lowest BCUT2D eigenvalue weighted by atomic mass is 9.73. The number of rotatable bonds is 5. The molecular formula is C11H22O3P+. The minimum Gasteiger partial charge on any atom is -0.481 e. The number of carboxylic acid groups (broad SMARTS) is 1. The SMILES string of the molecule is CC(C)(C)CC(C)(C)C(CC(=O)O)[PH+]=O. The Morgan fingerprint density at radius 2 is 1.73 bits per heavy atom. The fourth-order valence-electron chi connectivity index (χ4n) is 2.14. The fourth-order valence-corrected chi connectivity index (χ4v) is 2.82. The Labute approximate surface area is 93.5 Å². The Hall–Kier alpha value is -0.430.